The summed E-state index contributed by atoms with van der Waals surface area (Å²) in [4.78, 5) is 36.1. The van der Waals surface area contributed by atoms with E-state index in [9.17, 15) is 19.0 Å². The lowest BCUT2D eigenvalue weighted by Gasteiger charge is -2.26. The van der Waals surface area contributed by atoms with E-state index in [4.69, 9.17) is 13.8 Å². The van der Waals surface area contributed by atoms with Crippen LogP contribution in [-0.2, 0) is 24.8 Å². The number of phosphoric ester groups is 1. The van der Waals surface area contributed by atoms with Gasteiger partial charge in [0.05, 0.1) is 6.61 Å². The minimum atomic E-state index is -4.06. The molecule has 0 saturated carbocycles. The molecule has 4 atom stereocenters. The third kappa shape index (κ3) is 5.18. The summed E-state index contributed by atoms with van der Waals surface area (Å²) in [5, 5.41) is 0. The molecular formula is C17H27N2O7P. The Labute approximate surface area is 157 Å². The third-order valence-electron chi connectivity index (χ3n) is 5.00. The summed E-state index contributed by atoms with van der Waals surface area (Å²) in [5.74, 6) is 0. The maximum Gasteiger partial charge on any atom is 0.472 e. The maximum absolute atomic E-state index is 12.2. The zero-order chi connectivity index (χ0) is 19.4. The van der Waals surface area contributed by atoms with Gasteiger partial charge in [0.1, 0.15) is 18.4 Å². The molecule has 0 spiro atoms. The van der Waals surface area contributed by atoms with Crippen LogP contribution < -0.4 is 11.2 Å². The highest BCUT2D eigenvalue weighted by Crippen LogP contribution is 2.52. The average molecular weight is 402 g/mol. The van der Waals surface area contributed by atoms with Gasteiger partial charge < -0.3 is 9.63 Å². The number of hydrogen-bond acceptors (Lipinski definition) is 6. The molecular weight excluding hydrogens is 375 g/mol. The van der Waals surface area contributed by atoms with Crippen LogP contribution in [0.15, 0.2) is 15.8 Å². The Balaban J connectivity index is 1.65. The van der Waals surface area contributed by atoms with Crippen molar-refractivity contribution in [3.8, 4) is 0 Å². The molecule has 9 nitrogen and oxygen atoms in total. The van der Waals surface area contributed by atoms with Crippen LogP contribution in [0, 0.1) is 0 Å². The number of aromatic amines is 1. The zero-order valence-corrected chi connectivity index (χ0v) is 16.4. The second kappa shape index (κ2) is 8.84. The quantitative estimate of drug-likeness (QED) is 0.505. The summed E-state index contributed by atoms with van der Waals surface area (Å²) in [6, 6.07) is 0. The van der Waals surface area contributed by atoms with Crippen molar-refractivity contribution in [2.24, 2.45) is 0 Å². The maximum atomic E-state index is 12.2. The highest BCUT2D eigenvalue weighted by atomic mass is 31.2. The summed E-state index contributed by atoms with van der Waals surface area (Å²) < 4.78 is 28.4. The number of aromatic nitrogens is 2. The highest BCUT2D eigenvalue weighted by Gasteiger charge is 2.46. The number of phosphoric acid groups is 1. The van der Waals surface area contributed by atoms with Gasteiger partial charge in [-0.05, 0) is 12.8 Å². The fourth-order valence-electron chi connectivity index (χ4n) is 3.52. The van der Waals surface area contributed by atoms with Gasteiger partial charge in [-0.2, -0.15) is 0 Å². The number of nitrogens with zero attached hydrogens (tertiary/aromatic N) is 1. The molecule has 2 N–H and O–H groups in total. The molecule has 10 heteroatoms. The molecule has 1 aromatic heterocycles. The standard InChI is InChI=1S/C17H27N2O7P/c1-2-3-4-5-6-7-8-12-10-19(17(21)18-16(12)20)15-9-13-14(25-15)11-24-27(22,23)26-13/h10,13-15H,2-9,11H2,1H3,(H,22,23)(H,18,20,21)/t13?,14?,15-/m1/s1. The Morgan fingerprint density at radius 2 is 1.96 bits per heavy atom. The van der Waals surface area contributed by atoms with Gasteiger partial charge in [-0.15, -0.1) is 0 Å². The number of aryl methyl sites for hydroxylation is 1. The molecule has 2 aliphatic heterocycles. The van der Waals surface area contributed by atoms with Crippen molar-refractivity contribution in [2.75, 3.05) is 6.61 Å². The molecule has 0 amide bonds. The Bertz CT molecular complexity index is 805. The summed E-state index contributed by atoms with van der Waals surface area (Å²) in [5.41, 5.74) is -0.406. The fraction of sp³-hybridized carbons (Fsp3) is 0.765. The molecule has 152 valence electrons. The molecule has 0 aromatic carbocycles. The van der Waals surface area contributed by atoms with Crippen molar-refractivity contribution >= 4 is 7.82 Å². The van der Waals surface area contributed by atoms with Crippen molar-refractivity contribution in [3.63, 3.8) is 0 Å². The van der Waals surface area contributed by atoms with E-state index in [1.165, 1.54) is 30.0 Å². The number of ether oxygens (including phenoxy) is 1. The van der Waals surface area contributed by atoms with Crippen LogP contribution in [0.2, 0.25) is 0 Å². The lowest BCUT2D eigenvalue weighted by atomic mass is 10.1. The lowest BCUT2D eigenvalue weighted by molar-refractivity contribution is -0.0680. The number of unbranched alkanes of at least 4 members (excludes halogenated alkanes) is 5. The van der Waals surface area contributed by atoms with Crippen LogP contribution in [0.25, 0.3) is 0 Å². The highest BCUT2D eigenvalue weighted by molar-refractivity contribution is 7.47. The van der Waals surface area contributed by atoms with Gasteiger partial charge >= 0.3 is 13.5 Å². The van der Waals surface area contributed by atoms with Crippen molar-refractivity contribution in [1.82, 2.24) is 9.55 Å². The van der Waals surface area contributed by atoms with Gasteiger partial charge in [0, 0.05) is 18.2 Å². The third-order valence-corrected chi connectivity index (χ3v) is 6.02. The van der Waals surface area contributed by atoms with E-state index >= 15 is 0 Å². The van der Waals surface area contributed by atoms with Crippen LogP contribution in [0.3, 0.4) is 0 Å². The van der Waals surface area contributed by atoms with E-state index in [-0.39, 0.29) is 18.6 Å². The fourth-order valence-corrected chi connectivity index (χ4v) is 4.48. The van der Waals surface area contributed by atoms with Crippen LogP contribution in [0.5, 0.6) is 0 Å². The Morgan fingerprint density at radius 3 is 2.74 bits per heavy atom. The average Bonchev–Trinajstić information content (AvgIpc) is 3.01. The van der Waals surface area contributed by atoms with Crippen LogP contribution in [0.4, 0.5) is 0 Å². The second-order valence-corrected chi connectivity index (χ2v) is 8.52. The van der Waals surface area contributed by atoms with E-state index in [0.717, 1.165) is 19.3 Å². The number of nitrogens with one attached hydrogen (secondary N) is 1. The van der Waals surface area contributed by atoms with E-state index in [1.54, 1.807) is 0 Å². The van der Waals surface area contributed by atoms with Gasteiger partial charge in [0.15, 0.2) is 0 Å². The summed E-state index contributed by atoms with van der Waals surface area (Å²) in [6.45, 7) is 2.10. The first-order valence-electron chi connectivity index (χ1n) is 9.55. The Morgan fingerprint density at radius 1 is 1.22 bits per heavy atom. The van der Waals surface area contributed by atoms with Crippen LogP contribution in [0.1, 0.15) is 63.7 Å². The molecule has 1 aromatic rings. The van der Waals surface area contributed by atoms with Gasteiger partial charge in [0.2, 0.25) is 0 Å². The summed E-state index contributed by atoms with van der Waals surface area (Å²) in [6.07, 6.45) is 7.21. The van der Waals surface area contributed by atoms with Gasteiger partial charge in [-0.1, -0.05) is 39.0 Å². The predicted molar refractivity (Wildman–Crippen MR) is 97.6 cm³/mol. The summed E-state index contributed by atoms with van der Waals surface area (Å²) >= 11 is 0. The van der Waals surface area contributed by atoms with Crippen LogP contribution >= 0.6 is 7.82 Å². The largest absolute Gasteiger partial charge is 0.472 e. The molecule has 3 rings (SSSR count). The predicted octanol–water partition coefficient (Wildman–Crippen LogP) is 2.24. The smallest absolute Gasteiger partial charge is 0.349 e. The molecule has 0 bridgehead atoms. The Hall–Kier alpha value is -1.25. The molecule has 2 fully saturated rings. The molecule has 3 heterocycles. The normalized spacial score (nSPS) is 30.4. The van der Waals surface area contributed by atoms with Crippen molar-refractivity contribution in [1.29, 1.82) is 0 Å². The van der Waals surface area contributed by atoms with E-state index in [0.29, 0.717) is 12.0 Å². The van der Waals surface area contributed by atoms with Crippen LogP contribution in [-0.4, -0.2) is 33.3 Å². The van der Waals surface area contributed by atoms with Gasteiger partial charge in [-0.3, -0.25) is 23.4 Å². The molecule has 2 aliphatic rings. The van der Waals surface area contributed by atoms with E-state index in [1.807, 2.05) is 0 Å². The molecule has 0 aliphatic carbocycles. The Kier molecular flexibility index (Phi) is 6.70. The lowest BCUT2D eigenvalue weighted by Crippen LogP contribution is -2.34. The SMILES string of the molecule is CCCCCCCCc1cn([C@H]2CC3OP(=O)(O)OCC3O2)c(=O)[nH]c1=O. The monoisotopic (exact) mass is 402 g/mol. The topological polar surface area (TPSA) is 120 Å². The number of fused-ring (bicyclic) bond motifs is 1. The first kappa shape index (κ1) is 20.5. The number of rotatable bonds is 8. The molecule has 0 radical (unpaired) electrons. The molecule has 27 heavy (non-hydrogen) atoms. The molecule has 2 saturated heterocycles. The second-order valence-electron chi connectivity index (χ2n) is 7.11. The summed E-state index contributed by atoms with van der Waals surface area (Å²) in [7, 11) is -4.06. The van der Waals surface area contributed by atoms with Crippen molar-refractivity contribution in [2.45, 2.75) is 76.7 Å². The first-order valence-corrected chi connectivity index (χ1v) is 11.0. The molecule has 3 unspecified atom stereocenters. The van der Waals surface area contributed by atoms with Gasteiger partial charge in [-0.25, -0.2) is 9.36 Å². The van der Waals surface area contributed by atoms with E-state index < -0.39 is 31.9 Å². The minimum Gasteiger partial charge on any atom is -0.349 e. The minimum absolute atomic E-state index is 0.0718. The number of hydrogen-bond donors (Lipinski definition) is 2. The van der Waals surface area contributed by atoms with E-state index in [2.05, 4.69) is 11.9 Å². The number of H-pyrrole nitrogens is 1. The zero-order valence-electron chi connectivity index (χ0n) is 15.5. The van der Waals surface area contributed by atoms with Crippen molar-refractivity contribution < 1.29 is 23.2 Å². The first-order chi connectivity index (χ1) is 12.9. The van der Waals surface area contributed by atoms with Gasteiger partial charge in [0.25, 0.3) is 5.56 Å². The van der Waals surface area contributed by atoms with Crippen molar-refractivity contribution in [3.05, 3.63) is 32.6 Å².